The molecule has 1 aliphatic heterocycles. The predicted molar refractivity (Wildman–Crippen MR) is 51.7 cm³/mol. The molecule has 5 heteroatoms. The zero-order chi connectivity index (χ0) is 9.68. The lowest BCUT2D eigenvalue weighted by Crippen LogP contribution is -2.34. The number of methoxy groups -OCH3 is 1. The molecule has 1 atom stereocenters. The minimum Gasteiger partial charge on any atom is -0.468 e. The highest BCUT2D eigenvalue weighted by Gasteiger charge is 2.20. The molecule has 0 aromatic rings. The average molecular weight is 205 g/mol. The first kappa shape index (κ1) is 10.8. The van der Waals surface area contributed by atoms with Gasteiger partial charge in [-0.15, -0.1) is 0 Å². The summed E-state index contributed by atoms with van der Waals surface area (Å²) in [6.45, 7) is 1.66. The molecule has 0 aromatic carbocycles. The van der Waals surface area contributed by atoms with E-state index in [1.807, 2.05) is 0 Å². The maximum absolute atomic E-state index is 10.9. The number of rotatable bonds is 5. The van der Waals surface area contributed by atoms with Gasteiger partial charge in [-0.25, -0.2) is 0 Å². The van der Waals surface area contributed by atoms with Crippen LogP contribution in [0.1, 0.15) is 6.42 Å². The van der Waals surface area contributed by atoms with Gasteiger partial charge in [-0.05, 0) is 12.2 Å². The molecule has 1 saturated heterocycles. The zero-order valence-corrected chi connectivity index (χ0v) is 8.51. The van der Waals surface area contributed by atoms with Crippen LogP contribution in [0.2, 0.25) is 0 Å². The zero-order valence-electron chi connectivity index (χ0n) is 7.69. The Morgan fingerprint density at radius 2 is 2.46 bits per heavy atom. The number of thioether (sulfide) groups is 1. The summed E-state index contributed by atoms with van der Waals surface area (Å²) in [6.07, 6.45) is 0.674. The summed E-state index contributed by atoms with van der Waals surface area (Å²) >= 11 is 1.81. The first-order valence-electron chi connectivity index (χ1n) is 4.26. The summed E-state index contributed by atoms with van der Waals surface area (Å²) in [4.78, 5) is 10.9. The lowest BCUT2D eigenvalue weighted by Gasteiger charge is -2.25. The first-order valence-corrected chi connectivity index (χ1v) is 5.31. The number of hydrogen-bond donors (Lipinski definition) is 1. The fraction of sp³-hybridized carbons (Fsp3) is 0.875. The van der Waals surface area contributed by atoms with E-state index >= 15 is 0 Å². The van der Waals surface area contributed by atoms with Gasteiger partial charge in [0, 0.05) is 0 Å². The van der Waals surface area contributed by atoms with Crippen LogP contribution in [0, 0.1) is 0 Å². The molecule has 0 aliphatic carbocycles. The molecule has 0 saturated carbocycles. The second-order valence-electron chi connectivity index (χ2n) is 2.95. The number of carbonyl (C=O) groups excluding carboxylic acids is 1. The van der Waals surface area contributed by atoms with Crippen LogP contribution in [0.3, 0.4) is 0 Å². The topological polar surface area (TPSA) is 61.5 Å². The quantitative estimate of drug-likeness (QED) is 0.641. The van der Waals surface area contributed by atoms with Crippen molar-refractivity contribution in [1.82, 2.24) is 0 Å². The van der Waals surface area contributed by atoms with Crippen molar-refractivity contribution in [2.75, 3.05) is 26.1 Å². The van der Waals surface area contributed by atoms with Gasteiger partial charge in [0.05, 0.1) is 25.6 Å². The van der Waals surface area contributed by atoms with E-state index in [-0.39, 0.29) is 5.97 Å². The molecule has 1 aliphatic rings. The number of hydrogen-bond acceptors (Lipinski definition) is 5. The summed E-state index contributed by atoms with van der Waals surface area (Å²) < 4.78 is 9.53. The second kappa shape index (κ2) is 5.47. The smallest absolute Gasteiger partial charge is 0.322 e. The Labute approximate surface area is 82.1 Å². The summed E-state index contributed by atoms with van der Waals surface area (Å²) in [5.41, 5.74) is 5.55. The Hall–Kier alpha value is -0.260. The normalized spacial score (nSPS) is 19.2. The maximum Gasteiger partial charge on any atom is 0.322 e. The largest absolute Gasteiger partial charge is 0.468 e. The van der Waals surface area contributed by atoms with Crippen molar-refractivity contribution in [1.29, 1.82) is 0 Å². The molecule has 0 radical (unpaired) electrons. The second-order valence-corrected chi connectivity index (χ2v) is 4.36. The molecule has 1 rings (SSSR count). The van der Waals surface area contributed by atoms with Gasteiger partial charge in [0.2, 0.25) is 0 Å². The van der Waals surface area contributed by atoms with Crippen LogP contribution in [-0.4, -0.2) is 43.3 Å². The molecule has 1 heterocycles. The Balaban J connectivity index is 2.00. The third kappa shape index (κ3) is 3.54. The predicted octanol–water partition coefficient (Wildman–Crippen LogP) is 0.00880. The van der Waals surface area contributed by atoms with E-state index in [1.54, 1.807) is 11.8 Å². The van der Waals surface area contributed by atoms with Crippen LogP contribution in [0.25, 0.3) is 0 Å². The Kier molecular flexibility index (Phi) is 4.55. The van der Waals surface area contributed by atoms with E-state index in [4.69, 9.17) is 10.5 Å². The highest BCUT2D eigenvalue weighted by molar-refractivity contribution is 8.00. The summed E-state index contributed by atoms with van der Waals surface area (Å²) in [5.74, 6) is 0.565. The van der Waals surface area contributed by atoms with E-state index in [0.29, 0.717) is 11.7 Å². The van der Waals surface area contributed by atoms with Gasteiger partial charge >= 0.3 is 5.97 Å². The number of nitrogens with two attached hydrogens (primary N) is 1. The number of esters is 1. The molecule has 13 heavy (non-hydrogen) atoms. The molecule has 76 valence electrons. The third-order valence-electron chi connectivity index (χ3n) is 1.89. The lowest BCUT2D eigenvalue weighted by atomic mass is 10.2. The molecule has 1 unspecified atom stereocenters. The van der Waals surface area contributed by atoms with E-state index in [1.165, 1.54) is 7.11 Å². The van der Waals surface area contributed by atoms with Crippen molar-refractivity contribution in [3.8, 4) is 0 Å². The lowest BCUT2D eigenvalue weighted by molar-refractivity contribution is -0.142. The van der Waals surface area contributed by atoms with E-state index in [0.717, 1.165) is 19.0 Å². The van der Waals surface area contributed by atoms with Gasteiger partial charge in [-0.3, -0.25) is 4.79 Å². The van der Waals surface area contributed by atoms with Gasteiger partial charge in [0.25, 0.3) is 0 Å². The monoisotopic (exact) mass is 205 g/mol. The molecular weight excluding hydrogens is 190 g/mol. The van der Waals surface area contributed by atoms with Gasteiger partial charge in [0.1, 0.15) is 6.04 Å². The van der Waals surface area contributed by atoms with E-state index < -0.39 is 6.04 Å². The molecular formula is C8H15NO3S. The van der Waals surface area contributed by atoms with Crippen molar-refractivity contribution in [3.05, 3.63) is 0 Å². The van der Waals surface area contributed by atoms with Gasteiger partial charge in [0.15, 0.2) is 0 Å². The molecule has 1 fully saturated rings. The first-order chi connectivity index (χ1) is 6.24. The Morgan fingerprint density at radius 1 is 1.77 bits per heavy atom. The summed E-state index contributed by atoms with van der Waals surface area (Å²) in [5, 5.41) is 0.602. The van der Waals surface area contributed by atoms with Crippen molar-refractivity contribution >= 4 is 17.7 Å². The number of ether oxygens (including phenoxy) is 2. The highest BCUT2D eigenvalue weighted by atomic mass is 32.2. The molecule has 0 amide bonds. The Morgan fingerprint density at radius 3 is 2.92 bits per heavy atom. The fourth-order valence-electron chi connectivity index (χ4n) is 0.941. The van der Waals surface area contributed by atoms with Crippen molar-refractivity contribution in [3.63, 3.8) is 0 Å². The Bertz CT molecular complexity index is 173. The van der Waals surface area contributed by atoms with E-state index in [2.05, 4.69) is 4.74 Å². The SMILES string of the molecule is COC(=O)C(N)CCSC1COC1. The van der Waals surface area contributed by atoms with Gasteiger partial charge in [-0.2, -0.15) is 11.8 Å². The maximum atomic E-state index is 10.9. The molecule has 0 aromatic heterocycles. The minimum atomic E-state index is -0.474. The molecule has 0 spiro atoms. The minimum absolute atomic E-state index is 0.328. The van der Waals surface area contributed by atoms with Crippen molar-refractivity contribution in [2.45, 2.75) is 17.7 Å². The molecule has 0 bridgehead atoms. The van der Waals surface area contributed by atoms with Crippen LogP contribution >= 0.6 is 11.8 Å². The van der Waals surface area contributed by atoms with Crippen LogP contribution in [0.5, 0.6) is 0 Å². The third-order valence-corrected chi connectivity index (χ3v) is 3.11. The molecule has 4 nitrogen and oxygen atoms in total. The summed E-state index contributed by atoms with van der Waals surface area (Å²) in [6, 6.07) is -0.474. The number of carbonyl (C=O) groups is 1. The standard InChI is InChI=1S/C8H15NO3S/c1-11-8(10)7(9)2-3-13-6-4-12-5-6/h6-7H,2-5,9H2,1H3. The van der Waals surface area contributed by atoms with Crippen LogP contribution in [0.15, 0.2) is 0 Å². The highest BCUT2D eigenvalue weighted by Crippen LogP contribution is 2.19. The van der Waals surface area contributed by atoms with Crippen LogP contribution in [0.4, 0.5) is 0 Å². The van der Waals surface area contributed by atoms with Crippen LogP contribution in [-0.2, 0) is 14.3 Å². The van der Waals surface area contributed by atoms with Gasteiger partial charge < -0.3 is 15.2 Å². The average Bonchev–Trinajstić information content (AvgIpc) is 2.07. The fourth-order valence-corrected chi connectivity index (χ4v) is 2.05. The van der Waals surface area contributed by atoms with Crippen LogP contribution < -0.4 is 5.73 Å². The van der Waals surface area contributed by atoms with E-state index in [9.17, 15) is 4.79 Å². The van der Waals surface area contributed by atoms with Gasteiger partial charge in [-0.1, -0.05) is 0 Å². The summed E-state index contributed by atoms with van der Waals surface area (Å²) in [7, 11) is 1.36. The van der Waals surface area contributed by atoms with Crippen molar-refractivity contribution in [2.24, 2.45) is 5.73 Å². The molecule has 2 N–H and O–H groups in total. The van der Waals surface area contributed by atoms with Crippen molar-refractivity contribution < 1.29 is 14.3 Å².